The normalized spacial score (nSPS) is 10.7. The molecule has 0 bridgehead atoms. The first kappa shape index (κ1) is 14.6. The number of imidazole rings is 1. The minimum absolute atomic E-state index is 0.655. The van der Waals surface area contributed by atoms with Gasteiger partial charge in [0.15, 0.2) is 0 Å². The number of hydrogen-bond donors (Lipinski definition) is 1. The summed E-state index contributed by atoms with van der Waals surface area (Å²) >= 11 is 0. The third-order valence-corrected chi connectivity index (χ3v) is 3.23. The lowest BCUT2D eigenvalue weighted by Gasteiger charge is -2.12. The largest absolute Gasteiger partial charge is 0.491 e. The van der Waals surface area contributed by atoms with Crippen LogP contribution in [-0.4, -0.2) is 22.7 Å². The second-order valence-corrected chi connectivity index (χ2v) is 4.80. The van der Waals surface area contributed by atoms with Gasteiger partial charge in [0.2, 0.25) is 0 Å². The van der Waals surface area contributed by atoms with Crippen LogP contribution < -0.4 is 10.1 Å². The molecule has 0 amide bonds. The zero-order valence-electron chi connectivity index (χ0n) is 12.3. The molecule has 0 aliphatic carbocycles. The van der Waals surface area contributed by atoms with E-state index in [1.807, 2.05) is 31.5 Å². The molecule has 0 fully saturated rings. The Kier molecular flexibility index (Phi) is 5.62. The number of nitrogens with one attached hydrogen (secondary N) is 1. The summed E-state index contributed by atoms with van der Waals surface area (Å²) in [5, 5.41) is 3.41. The first-order valence-electron chi connectivity index (χ1n) is 7.20. The molecule has 0 aliphatic heterocycles. The highest BCUT2D eigenvalue weighted by molar-refractivity contribution is 5.33. The predicted molar refractivity (Wildman–Crippen MR) is 80.9 cm³/mol. The lowest BCUT2D eigenvalue weighted by atomic mass is 10.2. The van der Waals surface area contributed by atoms with E-state index in [1.54, 1.807) is 0 Å². The summed E-state index contributed by atoms with van der Waals surface area (Å²) in [7, 11) is 0. The van der Waals surface area contributed by atoms with Gasteiger partial charge >= 0.3 is 0 Å². The van der Waals surface area contributed by atoms with Crippen molar-refractivity contribution in [1.29, 1.82) is 0 Å². The number of rotatable bonds is 8. The third kappa shape index (κ3) is 4.10. The Balaban J connectivity index is 1.87. The molecule has 1 N–H and O–H groups in total. The van der Waals surface area contributed by atoms with Crippen LogP contribution in [0.4, 0.5) is 0 Å². The summed E-state index contributed by atoms with van der Waals surface area (Å²) < 4.78 is 8.00. The predicted octanol–water partition coefficient (Wildman–Crippen LogP) is 2.77. The molecule has 0 radical (unpaired) electrons. The van der Waals surface area contributed by atoms with Crippen molar-refractivity contribution in [3.8, 4) is 5.75 Å². The average molecular weight is 273 g/mol. The summed E-state index contributed by atoms with van der Waals surface area (Å²) in [6, 6.07) is 8.21. The highest BCUT2D eigenvalue weighted by Gasteiger charge is 2.03. The van der Waals surface area contributed by atoms with Crippen molar-refractivity contribution in [3.05, 3.63) is 48.0 Å². The van der Waals surface area contributed by atoms with Crippen molar-refractivity contribution >= 4 is 0 Å². The quantitative estimate of drug-likeness (QED) is 0.752. The molecule has 108 valence electrons. The highest BCUT2D eigenvalue weighted by Crippen LogP contribution is 2.17. The minimum atomic E-state index is 0.655. The molecule has 0 saturated carbocycles. The number of aryl methyl sites for hydroxylation is 1. The van der Waals surface area contributed by atoms with Crippen molar-refractivity contribution in [2.24, 2.45) is 0 Å². The molecule has 4 heteroatoms. The molecule has 0 saturated heterocycles. The zero-order valence-corrected chi connectivity index (χ0v) is 12.3. The van der Waals surface area contributed by atoms with Gasteiger partial charge < -0.3 is 14.6 Å². The molecular weight excluding hydrogens is 250 g/mol. The monoisotopic (exact) mass is 273 g/mol. The van der Waals surface area contributed by atoms with Crippen molar-refractivity contribution in [1.82, 2.24) is 14.9 Å². The highest BCUT2D eigenvalue weighted by atomic mass is 16.5. The van der Waals surface area contributed by atoms with Gasteiger partial charge in [-0.05, 0) is 26.0 Å². The van der Waals surface area contributed by atoms with Crippen LogP contribution >= 0.6 is 0 Å². The van der Waals surface area contributed by atoms with E-state index in [0.29, 0.717) is 6.61 Å². The van der Waals surface area contributed by atoms with E-state index < -0.39 is 0 Å². The molecule has 1 heterocycles. The Labute approximate surface area is 120 Å². The maximum absolute atomic E-state index is 5.91. The van der Waals surface area contributed by atoms with E-state index >= 15 is 0 Å². The Morgan fingerprint density at radius 3 is 2.90 bits per heavy atom. The van der Waals surface area contributed by atoms with Gasteiger partial charge in [-0.2, -0.15) is 0 Å². The van der Waals surface area contributed by atoms with Crippen LogP contribution in [0.2, 0.25) is 0 Å². The molecule has 2 rings (SSSR count). The first-order chi connectivity index (χ1) is 9.81. The number of benzene rings is 1. The van der Waals surface area contributed by atoms with E-state index in [4.69, 9.17) is 4.74 Å². The molecule has 0 atom stereocenters. The number of aromatic nitrogens is 2. The van der Waals surface area contributed by atoms with Gasteiger partial charge in [-0.1, -0.05) is 25.1 Å². The second-order valence-electron chi connectivity index (χ2n) is 4.80. The van der Waals surface area contributed by atoms with Gasteiger partial charge in [-0.15, -0.1) is 0 Å². The van der Waals surface area contributed by atoms with Gasteiger partial charge in [0.25, 0.3) is 0 Å². The fraction of sp³-hybridized carbons (Fsp3) is 0.438. The SMILES string of the molecule is CCCNCc1ccccc1OCCn1ccnc1C. The Morgan fingerprint density at radius 1 is 1.30 bits per heavy atom. The van der Waals surface area contributed by atoms with Gasteiger partial charge in [0.1, 0.15) is 18.2 Å². The summed E-state index contributed by atoms with van der Waals surface area (Å²) in [6.45, 7) is 7.53. The van der Waals surface area contributed by atoms with Gasteiger partial charge in [-0.25, -0.2) is 4.98 Å². The topological polar surface area (TPSA) is 39.1 Å². The van der Waals surface area contributed by atoms with E-state index in [1.165, 1.54) is 5.56 Å². The summed E-state index contributed by atoms with van der Waals surface area (Å²) in [4.78, 5) is 4.21. The van der Waals surface area contributed by atoms with E-state index in [2.05, 4.69) is 33.9 Å². The second kappa shape index (κ2) is 7.70. The van der Waals surface area contributed by atoms with Crippen molar-refractivity contribution in [2.45, 2.75) is 33.4 Å². The van der Waals surface area contributed by atoms with Gasteiger partial charge in [0.05, 0.1) is 6.54 Å². The fourth-order valence-electron chi connectivity index (χ4n) is 2.08. The number of ether oxygens (including phenoxy) is 1. The Hall–Kier alpha value is -1.81. The lowest BCUT2D eigenvalue weighted by Crippen LogP contribution is -2.15. The smallest absolute Gasteiger partial charge is 0.123 e. The van der Waals surface area contributed by atoms with Crippen molar-refractivity contribution < 1.29 is 4.74 Å². The standard InChI is InChI=1S/C16H23N3O/c1-3-8-17-13-15-6-4-5-7-16(15)20-12-11-19-10-9-18-14(19)2/h4-7,9-10,17H,3,8,11-13H2,1-2H3. The summed E-state index contributed by atoms with van der Waals surface area (Å²) in [6.07, 6.45) is 4.94. The van der Waals surface area contributed by atoms with E-state index in [9.17, 15) is 0 Å². The minimum Gasteiger partial charge on any atom is -0.491 e. The molecule has 0 aliphatic rings. The Morgan fingerprint density at radius 2 is 2.15 bits per heavy atom. The van der Waals surface area contributed by atoms with Crippen LogP contribution in [0, 0.1) is 6.92 Å². The summed E-state index contributed by atoms with van der Waals surface area (Å²) in [5.74, 6) is 1.99. The molecule has 2 aromatic rings. The van der Waals surface area contributed by atoms with E-state index in [0.717, 1.165) is 37.6 Å². The van der Waals surface area contributed by atoms with Crippen LogP contribution in [0.15, 0.2) is 36.7 Å². The average Bonchev–Trinajstić information content (AvgIpc) is 2.86. The molecule has 1 aromatic carbocycles. The van der Waals surface area contributed by atoms with Crippen LogP contribution in [-0.2, 0) is 13.1 Å². The summed E-state index contributed by atoms with van der Waals surface area (Å²) in [5.41, 5.74) is 1.21. The van der Waals surface area contributed by atoms with Crippen LogP contribution in [0.1, 0.15) is 24.7 Å². The molecule has 4 nitrogen and oxygen atoms in total. The molecule has 0 unspecified atom stereocenters. The number of hydrogen-bond acceptors (Lipinski definition) is 3. The van der Waals surface area contributed by atoms with Gasteiger partial charge in [-0.3, -0.25) is 0 Å². The Bertz CT molecular complexity index is 522. The maximum atomic E-state index is 5.91. The van der Waals surface area contributed by atoms with Gasteiger partial charge in [0, 0.05) is 24.5 Å². The number of nitrogens with zero attached hydrogens (tertiary/aromatic N) is 2. The molecule has 1 aromatic heterocycles. The maximum Gasteiger partial charge on any atom is 0.123 e. The van der Waals surface area contributed by atoms with E-state index in [-0.39, 0.29) is 0 Å². The molecule has 20 heavy (non-hydrogen) atoms. The number of para-hydroxylation sites is 1. The third-order valence-electron chi connectivity index (χ3n) is 3.23. The zero-order chi connectivity index (χ0) is 14.2. The molecular formula is C16H23N3O. The van der Waals surface area contributed by atoms with Crippen molar-refractivity contribution in [2.75, 3.05) is 13.2 Å². The fourth-order valence-corrected chi connectivity index (χ4v) is 2.08. The van der Waals surface area contributed by atoms with Crippen LogP contribution in [0.3, 0.4) is 0 Å². The first-order valence-corrected chi connectivity index (χ1v) is 7.20. The lowest BCUT2D eigenvalue weighted by molar-refractivity contribution is 0.293. The van der Waals surface area contributed by atoms with Crippen LogP contribution in [0.5, 0.6) is 5.75 Å². The molecule has 0 spiro atoms. The van der Waals surface area contributed by atoms with Crippen molar-refractivity contribution in [3.63, 3.8) is 0 Å². The van der Waals surface area contributed by atoms with Crippen LogP contribution in [0.25, 0.3) is 0 Å².